The molecule has 2 atom stereocenters. The van der Waals surface area contributed by atoms with Crippen LogP contribution in [0.1, 0.15) is 27.2 Å². The highest BCUT2D eigenvalue weighted by atomic mass is 16.6. The lowest BCUT2D eigenvalue weighted by atomic mass is 9.96. The lowest BCUT2D eigenvalue weighted by molar-refractivity contribution is -0.132. The number of hydrogen-bond donors (Lipinski definition) is 3. The van der Waals surface area contributed by atoms with Crippen LogP contribution in [-0.2, 0) is 9.53 Å². The van der Waals surface area contributed by atoms with Gasteiger partial charge in [0.15, 0.2) is 0 Å². The molecule has 0 aromatic rings. The minimum Gasteiger partial charge on any atom is -0.444 e. The van der Waals surface area contributed by atoms with E-state index < -0.39 is 17.7 Å². The van der Waals surface area contributed by atoms with Crippen molar-refractivity contribution in [1.82, 2.24) is 10.6 Å². The average molecular weight is 230 g/mol. The molecule has 1 fully saturated rings. The Kier molecular flexibility index (Phi) is 3.74. The van der Waals surface area contributed by atoms with E-state index in [1.54, 1.807) is 20.8 Å². The highest BCUT2D eigenvalue weighted by molar-refractivity contribution is 5.92. The predicted molar refractivity (Wildman–Crippen MR) is 56.8 cm³/mol. The number of carbonyl (C=O) groups excluding carboxylic acids is 2. The number of alkyl carbamates (subject to hydrolysis) is 1. The van der Waals surface area contributed by atoms with Gasteiger partial charge in [-0.3, -0.25) is 4.79 Å². The number of nitrogens with one attached hydrogen (secondary N) is 2. The largest absolute Gasteiger partial charge is 0.444 e. The van der Waals surface area contributed by atoms with E-state index in [2.05, 4.69) is 10.6 Å². The third-order valence-electron chi connectivity index (χ3n) is 2.12. The Morgan fingerprint density at radius 2 is 2.19 bits per heavy atom. The van der Waals surface area contributed by atoms with E-state index in [0.717, 1.165) is 0 Å². The van der Waals surface area contributed by atoms with Crippen LogP contribution in [0.15, 0.2) is 0 Å². The predicted octanol–water partition coefficient (Wildman–Crippen LogP) is -0.240. The van der Waals surface area contributed by atoms with Gasteiger partial charge in [-0.15, -0.1) is 0 Å². The van der Waals surface area contributed by atoms with Crippen molar-refractivity contribution >= 4 is 12.0 Å². The number of amides is 2. The zero-order chi connectivity index (χ0) is 12.3. The quantitative estimate of drug-likeness (QED) is 0.584. The van der Waals surface area contributed by atoms with Gasteiger partial charge in [0.05, 0.1) is 6.04 Å². The monoisotopic (exact) mass is 230 g/mol. The fraction of sp³-hybridized carbons (Fsp3) is 0.800. The van der Waals surface area contributed by atoms with Gasteiger partial charge in [-0.25, -0.2) is 4.79 Å². The average Bonchev–Trinajstić information content (AvgIpc) is 2.11. The van der Waals surface area contributed by atoms with Gasteiger partial charge in [0.25, 0.3) is 0 Å². The summed E-state index contributed by atoms with van der Waals surface area (Å²) in [7, 11) is 0. The van der Waals surface area contributed by atoms with Gasteiger partial charge in [0.2, 0.25) is 5.91 Å². The summed E-state index contributed by atoms with van der Waals surface area (Å²) in [6.07, 6.45) is -0.193. The van der Waals surface area contributed by atoms with Crippen molar-refractivity contribution in [3.8, 4) is 0 Å². The lowest BCUT2D eigenvalue weighted by Crippen LogP contribution is -2.69. The van der Waals surface area contributed by atoms with Gasteiger partial charge in [-0.05, 0) is 27.2 Å². The smallest absolute Gasteiger partial charge is 0.408 e. The fourth-order valence-electron chi connectivity index (χ4n) is 1.42. The van der Waals surface area contributed by atoms with E-state index in [4.69, 9.17) is 9.84 Å². The van der Waals surface area contributed by atoms with Gasteiger partial charge in [0.1, 0.15) is 11.6 Å². The maximum absolute atomic E-state index is 11.4. The maximum atomic E-state index is 11.4. The van der Waals surface area contributed by atoms with Gasteiger partial charge in [-0.1, -0.05) is 0 Å². The minimum absolute atomic E-state index is 0.0303. The van der Waals surface area contributed by atoms with E-state index in [1.165, 1.54) is 0 Å². The minimum atomic E-state index is -0.615. The summed E-state index contributed by atoms with van der Waals surface area (Å²) in [4.78, 5) is 22.5. The Morgan fingerprint density at radius 1 is 1.56 bits per heavy atom. The normalized spacial score (nSPS) is 24.4. The Balaban J connectivity index is 2.41. The summed E-state index contributed by atoms with van der Waals surface area (Å²) in [6.45, 7) is 5.22. The second-order valence-corrected chi connectivity index (χ2v) is 4.75. The lowest BCUT2D eigenvalue weighted by Gasteiger charge is -2.37. The van der Waals surface area contributed by atoms with Crippen molar-refractivity contribution in [1.29, 1.82) is 0 Å². The summed E-state index contributed by atoms with van der Waals surface area (Å²) in [5, 5.41) is 13.8. The Bertz CT molecular complexity index is 285. The number of β-lactam (4-membered cyclic amide) rings is 1. The number of ether oxygens (including phenoxy) is 1. The van der Waals surface area contributed by atoms with Crippen molar-refractivity contribution in [2.75, 3.05) is 6.61 Å². The van der Waals surface area contributed by atoms with Gasteiger partial charge in [-0.2, -0.15) is 0 Å². The molecule has 1 rings (SSSR count). The molecule has 0 radical (unpaired) electrons. The summed E-state index contributed by atoms with van der Waals surface area (Å²) in [5.41, 5.74) is -0.587. The summed E-state index contributed by atoms with van der Waals surface area (Å²) in [5.74, 6) is -0.246. The molecular weight excluding hydrogens is 212 g/mol. The van der Waals surface area contributed by atoms with Crippen LogP contribution in [0.3, 0.4) is 0 Å². The van der Waals surface area contributed by atoms with E-state index in [1.807, 2.05) is 0 Å². The van der Waals surface area contributed by atoms with Crippen LogP contribution in [0.5, 0.6) is 0 Å². The van der Waals surface area contributed by atoms with Crippen LogP contribution in [-0.4, -0.2) is 41.4 Å². The molecule has 1 heterocycles. The first-order valence-corrected chi connectivity index (χ1v) is 5.24. The number of hydrogen-bond acceptors (Lipinski definition) is 4. The van der Waals surface area contributed by atoms with Crippen LogP contribution in [0.25, 0.3) is 0 Å². The molecule has 6 heteroatoms. The molecule has 1 saturated heterocycles. The first kappa shape index (κ1) is 12.8. The standard InChI is InChI=1S/C10H18N2O4/c1-10(2,3)16-9(15)12-7-6(4-5-13)11-8(7)14/h6-7,13H,4-5H2,1-3H3,(H,11,14)(H,12,15)/t6?,7-/m1/s1. The number of aliphatic hydroxyl groups excluding tert-OH is 1. The Hall–Kier alpha value is -1.30. The van der Waals surface area contributed by atoms with Crippen LogP contribution >= 0.6 is 0 Å². The topological polar surface area (TPSA) is 87.7 Å². The van der Waals surface area contributed by atoms with Crippen LogP contribution in [0.2, 0.25) is 0 Å². The molecule has 0 bridgehead atoms. The molecule has 2 amide bonds. The molecule has 1 unspecified atom stereocenters. The molecule has 0 saturated carbocycles. The van der Waals surface area contributed by atoms with Gasteiger partial charge in [0, 0.05) is 6.61 Å². The molecule has 92 valence electrons. The van der Waals surface area contributed by atoms with Gasteiger partial charge >= 0.3 is 6.09 Å². The Morgan fingerprint density at radius 3 is 2.62 bits per heavy atom. The molecule has 0 aromatic heterocycles. The molecule has 0 aromatic carbocycles. The molecule has 0 aliphatic carbocycles. The second kappa shape index (κ2) is 4.69. The number of carbonyl (C=O) groups is 2. The summed E-state index contributed by atoms with van der Waals surface area (Å²) < 4.78 is 5.03. The third-order valence-corrected chi connectivity index (χ3v) is 2.12. The first-order valence-electron chi connectivity index (χ1n) is 5.24. The second-order valence-electron chi connectivity index (χ2n) is 4.75. The number of aliphatic hydroxyl groups is 1. The zero-order valence-electron chi connectivity index (χ0n) is 9.74. The molecule has 16 heavy (non-hydrogen) atoms. The first-order chi connectivity index (χ1) is 7.33. The van der Waals surface area contributed by atoms with E-state index >= 15 is 0 Å². The Labute approximate surface area is 94.3 Å². The molecule has 1 aliphatic heterocycles. The molecule has 3 N–H and O–H groups in total. The fourth-order valence-corrected chi connectivity index (χ4v) is 1.42. The third kappa shape index (κ3) is 3.37. The molecule has 0 spiro atoms. The number of rotatable bonds is 3. The van der Waals surface area contributed by atoms with Gasteiger partial charge < -0.3 is 20.5 Å². The highest BCUT2D eigenvalue weighted by Gasteiger charge is 2.40. The SMILES string of the molecule is CC(C)(C)OC(=O)N[C@H]1C(=O)NC1CCO. The molecule has 1 aliphatic rings. The zero-order valence-corrected chi connectivity index (χ0v) is 9.74. The van der Waals surface area contributed by atoms with Crippen molar-refractivity contribution in [2.24, 2.45) is 0 Å². The van der Waals surface area contributed by atoms with Crippen molar-refractivity contribution in [3.63, 3.8) is 0 Å². The highest BCUT2D eigenvalue weighted by Crippen LogP contribution is 2.12. The van der Waals surface area contributed by atoms with Crippen molar-refractivity contribution < 1.29 is 19.4 Å². The van der Waals surface area contributed by atoms with E-state index in [-0.39, 0.29) is 18.6 Å². The molecule has 6 nitrogen and oxygen atoms in total. The maximum Gasteiger partial charge on any atom is 0.408 e. The van der Waals surface area contributed by atoms with E-state index in [9.17, 15) is 9.59 Å². The summed E-state index contributed by atoms with van der Waals surface area (Å²) >= 11 is 0. The van der Waals surface area contributed by atoms with Crippen molar-refractivity contribution in [2.45, 2.75) is 44.9 Å². The van der Waals surface area contributed by atoms with Crippen LogP contribution < -0.4 is 10.6 Å². The van der Waals surface area contributed by atoms with E-state index in [0.29, 0.717) is 6.42 Å². The van der Waals surface area contributed by atoms with Crippen LogP contribution in [0, 0.1) is 0 Å². The molecular formula is C10H18N2O4. The summed E-state index contributed by atoms with van der Waals surface area (Å²) in [6, 6.07) is -0.799. The van der Waals surface area contributed by atoms with Crippen LogP contribution in [0.4, 0.5) is 4.79 Å². The van der Waals surface area contributed by atoms with Crippen molar-refractivity contribution in [3.05, 3.63) is 0 Å².